The van der Waals surface area contributed by atoms with E-state index in [1.165, 1.54) is 41.6 Å². The molecule has 0 saturated heterocycles. The lowest BCUT2D eigenvalue weighted by atomic mass is 10.2. The number of esters is 1. The monoisotopic (exact) mass is 402 g/mol. The van der Waals surface area contributed by atoms with E-state index in [1.807, 2.05) is 0 Å². The number of furan rings is 1. The first-order valence-electron chi connectivity index (χ1n) is 8.57. The van der Waals surface area contributed by atoms with Crippen LogP contribution in [0.5, 0.6) is 0 Å². The first-order valence-corrected chi connectivity index (χ1v) is 9.38. The van der Waals surface area contributed by atoms with E-state index in [0.717, 1.165) is 0 Å². The summed E-state index contributed by atoms with van der Waals surface area (Å²) in [7, 11) is 1.57. The Kier molecular flexibility index (Phi) is 5.89. The summed E-state index contributed by atoms with van der Waals surface area (Å²) in [4.78, 5) is 31.3. The second-order valence-electron chi connectivity index (χ2n) is 6.27. The van der Waals surface area contributed by atoms with Crippen molar-refractivity contribution in [1.82, 2.24) is 9.88 Å². The topological polar surface area (TPSA) is 72.6 Å². The Hall–Kier alpha value is -3.00. The summed E-state index contributed by atoms with van der Waals surface area (Å²) in [5.74, 6) is -0.876. The standard InChI is InChI=1S/C20H19FN2O4S/c1-12(19(24)23(3)11-14-6-4-7-15(21)10-14)27-20(25)17-13(2)28-18(22-17)16-8-5-9-26-16/h4-10,12H,11H2,1-3H3. The second kappa shape index (κ2) is 8.35. The van der Waals surface area contributed by atoms with Gasteiger partial charge in [0.25, 0.3) is 5.91 Å². The number of likely N-dealkylation sites (N-methyl/N-ethyl adjacent to an activating group) is 1. The zero-order chi connectivity index (χ0) is 20.3. The van der Waals surface area contributed by atoms with Crippen LogP contribution in [0.3, 0.4) is 0 Å². The van der Waals surface area contributed by atoms with E-state index in [4.69, 9.17) is 9.15 Å². The van der Waals surface area contributed by atoms with Crippen LogP contribution in [0.2, 0.25) is 0 Å². The summed E-state index contributed by atoms with van der Waals surface area (Å²) in [5, 5.41) is 0.566. The molecule has 0 aliphatic heterocycles. The molecule has 0 saturated carbocycles. The van der Waals surface area contributed by atoms with Gasteiger partial charge >= 0.3 is 5.97 Å². The minimum atomic E-state index is -1.00. The zero-order valence-corrected chi connectivity index (χ0v) is 16.5. The second-order valence-corrected chi connectivity index (χ2v) is 7.48. The van der Waals surface area contributed by atoms with Crippen molar-refractivity contribution in [1.29, 1.82) is 0 Å². The molecule has 1 amide bonds. The maximum absolute atomic E-state index is 13.3. The highest BCUT2D eigenvalue weighted by atomic mass is 32.1. The highest BCUT2D eigenvalue weighted by Gasteiger charge is 2.25. The number of carbonyl (C=O) groups is 2. The van der Waals surface area contributed by atoms with Crippen molar-refractivity contribution in [3.05, 3.63) is 64.6 Å². The van der Waals surface area contributed by atoms with Crippen LogP contribution in [0.15, 0.2) is 47.1 Å². The molecule has 6 nitrogen and oxygen atoms in total. The molecule has 0 fully saturated rings. The van der Waals surface area contributed by atoms with Gasteiger partial charge in [-0.3, -0.25) is 4.79 Å². The van der Waals surface area contributed by atoms with Crippen molar-refractivity contribution in [2.45, 2.75) is 26.5 Å². The molecule has 0 bridgehead atoms. The van der Waals surface area contributed by atoms with Crippen LogP contribution in [0.4, 0.5) is 4.39 Å². The summed E-state index contributed by atoms with van der Waals surface area (Å²) >= 11 is 1.31. The van der Waals surface area contributed by atoms with Gasteiger partial charge in [-0.15, -0.1) is 11.3 Å². The summed E-state index contributed by atoms with van der Waals surface area (Å²) < 4.78 is 23.9. The third-order valence-corrected chi connectivity index (χ3v) is 5.02. The van der Waals surface area contributed by atoms with Gasteiger partial charge in [0.05, 0.1) is 6.26 Å². The van der Waals surface area contributed by atoms with E-state index < -0.39 is 18.0 Å². The Morgan fingerprint density at radius 2 is 2.11 bits per heavy atom. The van der Waals surface area contributed by atoms with Crippen molar-refractivity contribution in [3.8, 4) is 10.8 Å². The number of nitrogens with zero attached hydrogens (tertiary/aromatic N) is 2. The number of benzene rings is 1. The van der Waals surface area contributed by atoms with E-state index in [2.05, 4.69) is 4.98 Å². The van der Waals surface area contributed by atoms with Crippen molar-refractivity contribution in [2.24, 2.45) is 0 Å². The molecule has 146 valence electrons. The normalized spacial score (nSPS) is 11.9. The molecular weight excluding hydrogens is 383 g/mol. The van der Waals surface area contributed by atoms with Crippen LogP contribution in [-0.2, 0) is 16.1 Å². The van der Waals surface area contributed by atoms with Gasteiger partial charge in [0.15, 0.2) is 22.6 Å². The quantitative estimate of drug-likeness (QED) is 0.582. The molecule has 0 aliphatic rings. The fraction of sp³-hybridized carbons (Fsp3) is 0.250. The molecule has 0 spiro atoms. The minimum Gasteiger partial charge on any atom is -0.462 e. The predicted molar refractivity (Wildman–Crippen MR) is 102 cm³/mol. The number of halogens is 1. The number of rotatable bonds is 6. The van der Waals surface area contributed by atoms with Crippen molar-refractivity contribution in [2.75, 3.05) is 7.05 Å². The molecular formula is C20H19FN2O4S. The van der Waals surface area contributed by atoms with Gasteiger partial charge in [-0.2, -0.15) is 0 Å². The number of ether oxygens (including phenoxy) is 1. The van der Waals surface area contributed by atoms with E-state index in [-0.39, 0.29) is 18.1 Å². The summed E-state index contributed by atoms with van der Waals surface area (Å²) in [6.45, 7) is 3.46. The third kappa shape index (κ3) is 4.45. The lowest BCUT2D eigenvalue weighted by Crippen LogP contribution is -2.37. The van der Waals surface area contributed by atoms with Crippen LogP contribution in [0.25, 0.3) is 10.8 Å². The summed E-state index contributed by atoms with van der Waals surface area (Å²) in [6.07, 6.45) is 0.526. The van der Waals surface area contributed by atoms with Gasteiger partial charge in [-0.05, 0) is 43.7 Å². The lowest BCUT2D eigenvalue weighted by molar-refractivity contribution is -0.139. The van der Waals surface area contributed by atoms with Crippen molar-refractivity contribution in [3.63, 3.8) is 0 Å². The van der Waals surface area contributed by atoms with Crippen molar-refractivity contribution >= 4 is 23.2 Å². The number of thiazole rings is 1. The molecule has 1 unspecified atom stereocenters. The fourth-order valence-corrected chi connectivity index (χ4v) is 3.53. The van der Waals surface area contributed by atoms with Crippen LogP contribution < -0.4 is 0 Å². The molecule has 2 aromatic heterocycles. The number of hydrogen-bond donors (Lipinski definition) is 0. The zero-order valence-electron chi connectivity index (χ0n) is 15.6. The number of aromatic nitrogens is 1. The van der Waals surface area contributed by atoms with E-state index in [1.54, 1.807) is 38.2 Å². The molecule has 28 heavy (non-hydrogen) atoms. The molecule has 0 N–H and O–H groups in total. The Morgan fingerprint density at radius 1 is 1.32 bits per heavy atom. The molecule has 3 aromatic rings. The van der Waals surface area contributed by atoms with Crippen LogP contribution >= 0.6 is 11.3 Å². The van der Waals surface area contributed by atoms with Crippen LogP contribution in [0, 0.1) is 12.7 Å². The molecule has 1 atom stereocenters. The molecule has 0 aliphatic carbocycles. The molecule has 2 heterocycles. The van der Waals surface area contributed by atoms with E-state index in [9.17, 15) is 14.0 Å². The van der Waals surface area contributed by atoms with Crippen LogP contribution in [-0.4, -0.2) is 34.9 Å². The highest BCUT2D eigenvalue weighted by Crippen LogP contribution is 2.28. The van der Waals surface area contributed by atoms with Gasteiger partial charge in [-0.25, -0.2) is 14.2 Å². The maximum Gasteiger partial charge on any atom is 0.358 e. The Morgan fingerprint density at radius 3 is 2.79 bits per heavy atom. The minimum absolute atomic E-state index is 0.156. The molecule has 3 rings (SSSR count). The third-order valence-electron chi connectivity index (χ3n) is 4.04. The average Bonchev–Trinajstić information content (AvgIpc) is 3.30. The maximum atomic E-state index is 13.3. The number of hydrogen-bond acceptors (Lipinski definition) is 6. The number of amides is 1. The van der Waals surface area contributed by atoms with Gasteiger partial charge in [0.1, 0.15) is 5.82 Å². The molecule has 1 aromatic carbocycles. The fourth-order valence-electron chi connectivity index (χ4n) is 2.66. The summed E-state index contributed by atoms with van der Waals surface area (Å²) in [5.41, 5.74) is 0.802. The van der Waals surface area contributed by atoms with Gasteiger partial charge < -0.3 is 14.1 Å². The van der Waals surface area contributed by atoms with Gasteiger partial charge in [0.2, 0.25) is 0 Å². The SMILES string of the molecule is Cc1sc(-c2ccco2)nc1C(=O)OC(C)C(=O)N(C)Cc1cccc(F)c1. The largest absolute Gasteiger partial charge is 0.462 e. The van der Waals surface area contributed by atoms with Gasteiger partial charge in [-0.1, -0.05) is 12.1 Å². The Labute approximate surface area is 165 Å². The molecule has 8 heteroatoms. The Bertz CT molecular complexity index is 984. The predicted octanol–water partition coefficient (Wildman–Crippen LogP) is 4.05. The van der Waals surface area contributed by atoms with Crippen molar-refractivity contribution < 1.29 is 23.1 Å². The summed E-state index contributed by atoms with van der Waals surface area (Å²) in [6, 6.07) is 9.48. The number of aryl methyl sites for hydroxylation is 1. The Balaban J connectivity index is 1.64. The first-order chi connectivity index (χ1) is 13.3. The molecule has 0 radical (unpaired) electrons. The average molecular weight is 402 g/mol. The highest BCUT2D eigenvalue weighted by molar-refractivity contribution is 7.15. The smallest absolute Gasteiger partial charge is 0.358 e. The lowest BCUT2D eigenvalue weighted by Gasteiger charge is -2.21. The van der Waals surface area contributed by atoms with E-state index >= 15 is 0 Å². The van der Waals surface area contributed by atoms with Gasteiger partial charge in [0, 0.05) is 18.5 Å². The van der Waals surface area contributed by atoms with Crippen LogP contribution in [0.1, 0.15) is 27.9 Å². The van der Waals surface area contributed by atoms with E-state index in [0.29, 0.717) is 21.2 Å². The first kappa shape index (κ1) is 19.8. The number of carbonyl (C=O) groups excluding carboxylic acids is 2.